The molecule has 0 atom stereocenters. The van der Waals surface area contributed by atoms with Gasteiger partial charge in [-0.2, -0.15) is 4.98 Å². The molecule has 0 saturated carbocycles. The maximum Gasteiger partial charge on any atom is 0.224 e. The quantitative estimate of drug-likeness (QED) is 0.744. The fraction of sp³-hybridized carbons (Fsp3) is 0.444. The van der Waals surface area contributed by atoms with Gasteiger partial charge < -0.3 is 10.6 Å². The number of aromatic nitrogens is 2. The van der Waals surface area contributed by atoms with Crippen LogP contribution in [0, 0.1) is 12.8 Å². The minimum Gasteiger partial charge on any atom is -0.370 e. The van der Waals surface area contributed by atoms with Crippen molar-refractivity contribution in [2.45, 2.75) is 33.6 Å². The molecule has 2 rings (SSSR count). The fourth-order valence-corrected chi connectivity index (χ4v) is 2.32. The molecule has 2 aromatic rings. The number of hydrogen-bond acceptors (Lipinski definition) is 4. The highest BCUT2D eigenvalue weighted by Crippen LogP contribution is 2.12. The smallest absolute Gasteiger partial charge is 0.224 e. The van der Waals surface area contributed by atoms with E-state index >= 15 is 0 Å². The Morgan fingerprint density at radius 3 is 2.48 bits per heavy atom. The molecule has 4 nitrogen and oxygen atoms in total. The van der Waals surface area contributed by atoms with Crippen LogP contribution in [0.2, 0.25) is 5.02 Å². The molecule has 0 fully saturated rings. The second-order valence-corrected chi connectivity index (χ2v) is 6.57. The van der Waals surface area contributed by atoms with Crippen molar-refractivity contribution in [2.75, 3.05) is 23.7 Å². The van der Waals surface area contributed by atoms with Crippen molar-refractivity contribution in [2.24, 2.45) is 5.92 Å². The van der Waals surface area contributed by atoms with Crippen molar-refractivity contribution < 1.29 is 0 Å². The lowest BCUT2D eigenvalue weighted by atomic mass is 10.1. The van der Waals surface area contributed by atoms with E-state index in [2.05, 4.69) is 34.4 Å². The molecule has 0 amide bonds. The van der Waals surface area contributed by atoms with Crippen molar-refractivity contribution >= 4 is 23.4 Å². The molecule has 0 spiro atoms. The van der Waals surface area contributed by atoms with Gasteiger partial charge in [0.1, 0.15) is 5.82 Å². The number of nitrogens with zero attached hydrogens (tertiary/aromatic N) is 2. The van der Waals surface area contributed by atoms with E-state index in [4.69, 9.17) is 11.6 Å². The summed E-state index contributed by atoms with van der Waals surface area (Å²) in [6.07, 6.45) is 2.03. The minimum absolute atomic E-state index is 0.672. The van der Waals surface area contributed by atoms with Crippen molar-refractivity contribution in [1.82, 2.24) is 9.97 Å². The van der Waals surface area contributed by atoms with Crippen LogP contribution in [-0.4, -0.2) is 23.1 Å². The van der Waals surface area contributed by atoms with E-state index < -0.39 is 0 Å². The highest BCUT2D eigenvalue weighted by Gasteiger charge is 2.03. The van der Waals surface area contributed by atoms with Gasteiger partial charge in [-0.25, -0.2) is 4.98 Å². The number of aryl methyl sites for hydroxylation is 1. The zero-order valence-corrected chi connectivity index (χ0v) is 14.8. The normalized spacial score (nSPS) is 10.8. The Kier molecular flexibility index (Phi) is 6.66. The first kappa shape index (κ1) is 17.5. The number of hydrogen-bond donors (Lipinski definition) is 2. The lowest BCUT2D eigenvalue weighted by molar-refractivity contribution is 0.606. The molecule has 5 heteroatoms. The molecule has 23 heavy (non-hydrogen) atoms. The van der Waals surface area contributed by atoms with Gasteiger partial charge in [0.15, 0.2) is 0 Å². The van der Waals surface area contributed by atoms with E-state index in [1.807, 2.05) is 37.3 Å². The van der Waals surface area contributed by atoms with Crippen LogP contribution in [-0.2, 0) is 6.42 Å². The Labute approximate surface area is 143 Å². The zero-order valence-electron chi connectivity index (χ0n) is 14.1. The predicted octanol–water partition coefficient (Wildman–Crippen LogP) is 4.55. The van der Waals surface area contributed by atoms with Gasteiger partial charge >= 0.3 is 0 Å². The van der Waals surface area contributed by atoms with E-state index in [1.54, 1.807) is 0 Å². The van der Waals surface area contributed by atoms with E-state index in [9.17, 15) is 0 Å². The Morgan fingerprint density at radius 2 is 1.78 bits per heavy atom. The Morgan fingerprint density at radius 1 is 1.04 bits per heavy atom. The van der Waals surface area contributed by atoms with Crippen LogP contribution in [0.4, 0.5) is 11.8 Å². The first-order valence-electron chi connectivity index (χ1n) is 8.11. The zero-order chi connectivity index (χ0) is 16.7. The topological polar surface area (TPSA) is 49.8 Å². The van der Waals surface area contributed by atoms with E-state index in [1.165, 1.54) is 5.56 Å². The van der Waals surface area contributed by atoms with Gasteiger partial charge in [-0.05, 0) is 43.4 Å². The summed E-state index contributed by atoms with van der Waals surface area (Å²) in [6, 6.07) is 9.89. The molecular formula is C18H25ClN4. The molecule has 0 aliphatic heterocycles. The second-order valence-electron chi connectivity index (χ2n) is 6.13. The average molecular weight is 333 g/mol. The highest BCUT2D eigenvalue weighted by atomic mass is 35.5. The van der Waals surface area contributed by atoms with E-state index in [0.29, 0.717) is 11.9 Å². The van der Waals surface area contributed by atoms with Gasteiger partial charge in [-0.1, -0.05) is 37.6 Å². The predicted molar refractivity (Wildman–Crippen MR) is 98.4 cm³/mol. The third-order valence-corrected chi connectivity index (χ3v) is 3.74. The first-order valence-corrected chi connectivity index (χ1v) is 8.48. The summed E-state index contributed by atoms with van der Waals surface area (Å²) < 4.78 is 0. The fourth-order valence-electron chi connectivity index (χ4n) is 2.20. The Balaban J connectivity index is 1.86. The van der Waals surface area contributed by atoms with Crippen LogP contribution in [0.1, 0.15) is 31.5 Å². The number of nitrogens with one attached hydrogen (secondary N) is 2. The molecule has 1 heterocycles. The van der Waals surface area contributed by atoms with Crippen LogP contribution in [0.5, 0.6) is 0 Å². The molecule has 1 aromatic carbocycles. The standard InChI is InChI=1S/C18H25ClN4/c1-13(2)8-10-20-17-12-14(3)22-18(23-17)21-11-9-15-4-6-16(19)7-5-15/h4-7,12-13H,8-11H2,1-3H3,(H2,20,21,22,23). The lowest BCUT2D eigenvalue weighted by Gasteiger charge is -2.11. The van der Waals surface area contributed by atoms with Crippen LogP contribution >= 0.6 is 11.6 Å². The monoisotopic (exact) mass is 332 g/mol. The van der Waals surface area contributed by atoms with Gasteiger partial charge in [-0.3, -0.25) is 0 Å². The van der Waals surface area contributed by atoms with Crippen molar-refractivity contribution in [3.8, 4) is 0 Å². The third kappa shape index (κ3) is 6.45. The van der Waals surface area contributed by atoms with E-state index in [0.717, 1.165) is 42.5 Å². The van der Waals surface area contributed by atoms with Crippen molar-refractivity contribution in [3.63, 3.8) is 0 Å². The molecule has 124 valence electrons. The minimum atomic E-state index is 0.672. The number of anilines is 2. The summed E-state index contributed by atoms with van der Waals surface area (Å²) in [5.74, 6) is 2.24. The average Bonchev–Trinajstić information content (AvgIpc) is 2.48. The summed E-state index contributed by atoms with van der Waals surface area (Å²) in [5.41, 5.74) is 2.20. The van der Waals surface area contributed by atoms with Crippen molar-refractivity contribution in [1.29, 1.82) is 0 Å². The van der Waals surface area contributed by atoms with Crippen LogP contribution in [0.25, 0.3) is 0 Å². The van der Waals surface area contributed by atoms with Crippen LogP contribution < -0.4 is 10.6 Å². The SMILES string of the molecule is Cc1cc(NCCC(C)C)nc(NCCc2ccc(Cl)cc2)n1. The van der Waals surface area contributed by atoms with E-state index in [-0.39, 0.29) is 0 Å². The van der Waals surface area contributed by atoms with Gasteiger partial charge in [0.05, 0.1) is 0 Å². The molecule has 0 bridgehead atoms. The van der Waals surface area contributed by atoms with Crippen LogP contribution in [0.15, 0.2) is 30.3 Å². The van der Waals surface area contributed by atoms with Gasteiger partial charge in [0.25, 0.3) is 0 Å². The first-order chi connectivity index (χ1) is 11.0. The van der Waals surface area contributed by atoms with Gasteiger partial charge in [0.2, 0.25) is 5.95 Å². The Bertz CT molecular complexity index is 611. The molecule has 0 unspecified atom stereocenters. The number of benzene rings is 1. The highest BCUT2D eigenvalue weighted by molar-refractivity contribution is 6.30. The summed E-state index contributed by atoms with van der Waals surface area (Å²) in [5, 5.41) is 7.42. The van der Waals surface area contributed by atoms with Crippen LogP contribution in [0.3, 0.4) is 0 Å². The molecular weight excluding hydrogens is 308 g/mol. The number of halogens is 1. The second kappa shape index (κ2) is 8.73. The maximum absolute atomic E-state index is 5.89. The molecule has 0 saturated heterocycles. The Hall–Kier alpha value is -1.81. The molecule has 0 aliphatic rings. The summed E-state index contributed by atoms with van der Waals surface area (Å²) in [7, 11) is 0. The molecule has 1 aromatic heterocycles. The summed E-state index contributed by atoms with van der Waals surface area (Å²) >= 11 is 5.89. The molecule has 2 N–H and O–H groups in total. The largest absolute Gasteiger partial charge is 0.370 e. The molecule has 0 radical (unpaired) electrons. The number of rotatable bonds is 8. The summed E-state index contributed by atoms with van der Waals surface area (Å²) in [6.45, 7) is 8.14. The molecule has 0 aliphatic carbocycles. The van der Waals surface area contributed by atoms with Gasteiger partial charge in [-0.15, -0.1) is 0 Å². The summed E-state index contributed by atoms with van der Waals surface area (Å²) in [4.78, 5) is 8.96. The van der Waals surface area contributed by atoms with Crippen molar-refractivity contribution in [3.05, 3.63) is 46.6 Å². The third-order valence-electron chi connectivity index (χ3n) is 3.49. The lowest BCUT2D eigenvalue weighted by Crippen LogP contribution is -2.11. The maximum atomic E-state index is 5.89. The van der Waals surface area contributed by atoms with Gasteiger partial charge in [0, 0.05) is 29.9 Å².